The number of hydrogen-bond acceptors (Lipinski definition) is 3. The van der Waals surface area contributed by atoms with Gasteiger partial charge in [0.05, 0.1) is 22.9 Å². The summed E-state index contributed by atoms with van der Waals surface area (Å²) >= 11 is 3.51. The van der Waals surface area contributed by atoms with E-state index in [1.54, 1.807) is 24.3 Å². The number of amides is 1. The highest BCUT2D eigenvalue weighted by Crippen LogP contribution is 2.29. The number of anilines is 1. The molecule has 0 aromatic heterocycles. The van der Waals surface area contributed by atoms with Crippen molar-refractivity contribution in [3.05, 3.63) is 63.9 Å². The van der Waals surface area contributed by atoms with Crippen molar-refractivity contribution in [1.82, 2.24) is 5.32 Å². The summed E-state index contributed by atoms with van der Waals surface area (Å²) in [6.45, 7) is 1.57. The lowest BCUT2D eigenvalue weighted by Gasteiger charge is -2.34. The summed E-state index contributed by atoms with van der Waals surface area (Å²) in [5.41, 5.74) is 1.74. The second-order valence-electron chi connectivity index (χ2n) is 5.99. The molecule has 0 atom stereocenters. The molecule has 128 valence electrons. The number of nitrogens with zero attached hydrogens (tertiary/aromatic N) is 2. The quantitative estimate of drug-likeness (QED) is 0.849. The van der Waals surface area contributed by atoms with Gasteiger partial charge in [-0.2, -0.15) is 5.26 Å². The molecule has 0 unspecified atom stereocenters. The van der Waals surface area contributed by atoms with Gasteiger partial charge in [0.1, 0.15) is 5.82 Å². The Morgan fingerprint density at radius 1 is 1.24 bits per heavy atom. The summed E-state index contributed by atoms with van der Waals surface area (Å²) in [4.78, 5) is 14.4. The SMILES string of the molecule is N#Cc1ccc(N2CCC(NC(=O)c3ccccc3F)CC2)c(Br)c1. The van der Waals surface area contributed by atoms with Crippen LogP contribution in [0.2, 0.25) is 0 Å². The van der Waals surface area contributed by atoms with Crippen LogP contribution in [0.4, 0.5) is 10.1 Å². The van der Waals surface area contributed by atoms with E-state index in [1.807, 2.05) is 6.07 Å². The first-order valence-electron chi connectivity index (χ1n) is 8.08. The number of nitriles is 1. The van der Waals surface area contributed by atoms with Crippen molar-refractivity contribution in [3.63, 3.8) is 0 Å². The Bertz CT molecular complexity index is 826. The maximum atomic E-state index is 13.7. The second kappa shape index (κ2) is 7.66. The predicted octanol–water partition coefficient (Wildman–Crippen LogP) is 3.86. The number of benzene rings is 2. The van der Waals surface area contributed by atoms with E-state index < -0.39 is 5.82 Å². The largest absolute Gasteiger partial charge is 0.370 e. The Morgan fingerprint density at radius 2 is 1.96 bits per heavy atom. The smallest absolute Gasteiger partial charge is 0.254 e. The van der Waals surface area contributed by atoms with Gasteiger partial charge in [0.25, 0.3) is 5.91 Å². The zero-order valence-electron chi connectivity index (χ0n) is 13.5. The van der Waals surface area contributed by atoms with Gasteiger partial charge in [-0.05, 0) is 59.1 Å². The van der Waals surface area contributed by atoms with Crippen molar-refractivity contribution in [1.29, 1.82) is 5.26 Å². The summed E-state index contributed by atoms with van der Waals surface area (Å²) in [6, 6.07) is 13.7. The predicted molar refractivity (Wildman–Crippen MR) is 98.0 cm³/mol. The van der Waals surface area contributed by atoms with E-state index in [9.17, 15) is 9.18 Å². The number of nitrogens with one attached hydrogen (secondary N) is 1. The van der Waals surface area contributed by atoms with Crippen LogP contribution in [0.3, 0.4) is 0 Å². The van der Waals surface area contributed by atoms with Crippen molar-refractivity contribution >= 4 is 27.5 Å². The van der Waals surface area contributed by atoms with Gasteiger partial charge < -0.3 is 10.2 Å². The fourth-order valence-corrected chi connectivity index (χ4v) is 3.64. The molecule has 1 aliphatic heterocycles. The molecular formula is C19H17BrFN3O. The average molecular weight is 402 g/mol. The number of rotatable bonds is 3. The lowest BCUT2D eigenvalue weighted by atomic mass is 10.0. The summed E-state index contributed by atoms with van der Waals surface area (Å²) in [5.74, 6) is -0.866. The molecule has 1 N–H and O–H groups in total. The molecule has 25 heavy (non-hydrogen) atoms. The number of carbonyl (C=O) groups excluding carboxylic acids is 1. The molecule has 0 aliphatic carbocycles. The first-order valence-corrected chi connectivity index (χ1v) is 8.88. The molecular weight excluding hydrogens is 385 g/mol. The van der Waals surface area contributed by atoms with E-state index in [0.717, 1.165) is 36.1 Å². The minimum atomic E-state index is -0.501. The van der Waals surface area contributed by atoms with Crippen LogP contribution in [-0.2, 0) is 0 Å². The van der Waals surface area contributed by atoms with E-state index in [-0.39, 0.29) is 17.5 Å². The van der Waals surface area contributed by atoms with E-state index in [2.05, 4.69) is 32.2 Å². The first-order chi connectivity index (χ1) is 12.1. The molecule has 1 heterocycles. The highest BCUT2D eigenvalue weighted by molar-refractivity contribution is 9.10. The third kappa shape index (κ3) is 3.99. The Labute approximate surface area is 154 Å². The molecule has 0 spiro atoms. The first kappa shape index (κ1) is 17.4. The molecule has 1 amide bonds. The van der Waals surface area contributed by atoms with Crippen LogP contribution >= 0.6 is 15.9 Å². The Kier molecular flexibility index (Phi) is 5.34. The van der Waals surface area contributed by atoms with Crippen LogP contribution in [0.15, 0.2) is 46.9 Å². The van der Waals surface area contributed by atoms with E-state index in [1.165, 1.54) is 12.1 Å². The Hall–Kier alpha value is -2.39. The molecule has 0 radical (unpaired) electrons. The van der Waals surface area contributed by atoms with Crippen molar-refractivity contribution in [2.45, 2.75) is 18.9 Å². The van der Waals surface area contributed by atoms with Crippen molar-refractivity contribution in [3.8, 4) is 6.07 Å². The third-order valence-corrected chi connectivity index (χ3v) is 5.00. The lowest BCUT2D eigenvalue weighted by molar-refractivity contribution is 0.0927. The maximum absolute atomic E-state index is 13.7. The number of halogens is 2. The lowest BCUT2D eigenvalue weighted by Crippen LogP contribution is -2.45. The van der Waals surface area contributed by atoms with Gasteiger partial charge in [-0.25, -0.2) is 4.39 Å². The van der Waals surface area contributed by atoms with Gasteiger partial charge in [-0.3, -0.25) is 4.79 Å². The second-order valence-corrected chi connectivity index (χ2v) is 6.85. The fourth-order valence-electron chi connectivity index (χ4n) is 3.01. The highest BCUT2D eigenvalue weighted by atomic mass is 79.9. The summed E-state index contributed by atoms with van der Waals surface area (Å²) in [7, 11) is 0. The van der Waals surface area contributed by atoms with Crippen LogP contribution in [-0.4, -0.2) is 25.0 Å². The van der Waals surface area contributed by atoms with Crippen LogP contribution in [0, 0.1) is 17.1 Å². The molecule has 0 saturated carbocycles. The van der Waals surface area contributed by atoms with Crippen molar-refractivity contribution in [2.75, 3.05) is 18.0 Å². The topological polar surface area (TPSA) is 56.1 Å². The molecule has 1 fully saturated rings. The fraction of sp³-hybridized carbons (Fsp3) is 0.263. The molecule has 0 bridgehead atoms. The van der Waals surface area contributed by atoms with Gasteiger partial charge >= 0.3 is 0 Å². The standard InChI is InChI=1S/C19H17BrFN3O/c20-16-11-13(12-22)5-6-18(16)24-9-7-14(8-10-24)23-19(25)15-3-1-2-4-17(15)21/h1-6,11,14H,7-10H2,(H,23,25). The molecule has 1 aliphatic rings. The molecule has 1 saturated heterocycles. The summed E-state index contributed by atoms with van der Waals surface area (Å²) in [5, 5.41) is 11.9. The summed E-state index contributed by atoms with van der Waals surface area (Å²) < 4.78 is 14.6. The van der Waals surface area contributed by atoms with Gasteiger partial charge in [0.15, 0.2) is 0 Å². The number of carbonyl (C=O) groups is 1. The van der Waals surface area contributed by atoms with Crippen molar-refractivity contribution < 1.29 is 9.18 Å². The maximum Gasteiger partial charge on any atom is 0.254 e. The van der Waals surface area contributed by atoms with Crippen LogP contribution < -0.4 is 10.2 Å². The molecule has 2 aromatic rings. The zero-order valence-corrected chi connectivity index (χ0v) is 15.1. The monoisotopic (exact) mass is 401 g/mol. The van der Waals surface area contributed by atoms with Crippen LogP contribution in [0.1, 0.15) is 28.8 Å². The summed E-state index contributed by atoms with van der Waals surface area (Å²) in [6.07, 6.45) is 1.57. The highest BCUT2D eigenvalue weighted by Gasteiger charge is 2.23. The minimum absolute atomic E-state index is 0.0283. The molecule has 2 aromatic carbocycles. The Morgan fingerprint density at radius 3 is 2.60 bits per heavy atom. The van der Waals surface area contributed by atoms with Gasteiger partial charge in [-0.15, -0.1) is 0 Å². The van der Waals surface area contributed by atoms with Crippen LogP contribution in [0.25, 0.3) is 0 Å². The van der Waals surface area contributed by atoms with E-state index in [0.29, 0.717) is 5.56 Å². The number of piperidine rings is 1. The van der Waals surface area contributed by atoms with Crippen molar-refractivity contribution in [2.24, 2.45) is 0 Å². The van der Waals surface area contributed by atoms with E-state index >= 15 is 0 Å². The normalized spacial score (nSPS) is 14.8. The Balaban J connectivity index is 1.60. The molecule has 3 rings (SSSR count). The molecule has 6 heteroatoms. The van der Waals surface area contributed by atoms with Crippen LogP contribution in [0.5, 0.6) is 0 Å². The molecule has 4 nitrogen and oxygen atoms in total. The zero-order chi connectivity index (χ0) is 17.8. The minimum Gasteiger partial charge on any atom is -0.370 e. The van der Waals surface area contributed by atoms with Gasteiger partial charge in [0.2, 0.25) is 0 Å². The average Bonchev–Trinajstić information content (AvgIpc) is 2.62. The number of hydrogen-bond donors (Lipinski definition) is 1. The third-order valence-electron chi connectivity index (χ3n) is 4.37. The van der Waals surface area contributed by atoms with E-state index in [4.69, 9.17) is 5.26 Å². The van der Waals surface area contributed by atoms with Gasteiger partial charge in [0, 0.05) is 23.6 Å². The van der Waals surface area contributed by atoms with Gasteiger partial charge in [-0.1, -0.05) is 12.1 Å².